The summed E-state index contributed by atoms with van der Waals surface area (Å²) in [6, 6.07) is 10.2. The van der Waals surface area contributed by atoms with E-state index in [0.717, 1.165) is 44.1 Å². The van der Waals surface area contributed by atoms with Crippen molar-refractivity contribution in [2.45, 2.75) is 71.4 Å². The highest BCUT2D eigenvalue weighted by Crippen LogP contribution is 2.21. The summed E-state index contributed by atoms with van der Waals surface area (Å²) in [7, 11) is 0. The molecule has 4 nitrogen and oxygen atoms in total. The highest BCUT2D eigenvalue weighted by Gasteiger charge is 2.21. The Bertz CT molecular complexity index is 628. The second-order valence-electron chi connectivity index (χ2n) is 6.58. The minimum absolute atomic E-state index is 0.00258. The number of carbonyl (C=O) groups is 1. The summed E-state index contributed by atoms with van der Waals surface area (Å²) in [5.41, 5.74) is 1.66. The minimum Gasteiger partial charge on any atom is -0.458 e. The smallest absolute Gasteiger partial charge is 0.356 e. The number of esters is 1. The third-order valence-electron chi connectivity index (χ3n) is 4.61. The molecule has 0 aliphatic carbocycles. The Kier molecular flexibility index (Phi) is 7.71. The van der Waals surface area contributed by atoms with Crippen LogP contribution in [0, 0.1) is 0 Å². The maximum absolute atomic E-state index is 12.7. The topological polar surface area (TPSA) is 44.1 Å². The van der Waals surface area contributed by atoms with Crippen molar-refractivity contribution in [3.05, 3.63) is 54.1 Å². The first kappa shape index (κ1) is 19.2. The summed E-state index contributed by atoms with van der Waals surface area (Å²) in [4.78, 5) is 16.9. The van der Waals surface area contributed by atoms with E-state index in [1.165, 1.54) is 0 Å². The lowest BCUT2D eigenvalue weighted by atomic mass is 10.1. The van der Waals surface area contributed by atoms with E-state index < -0.39 is 0 Å². The van der Waals surface area contributed by atoms with E-state index in [1.807, 2.05) is 22.8 Å². The largest absolute Gasteiger partial charge is 0.458 e. The van der Waals surface area contributed by atoms with Crippen molar-refractivity contribution in [2.24, 2.45) is 0 Å². The molecular formula is C21H30N2O2. The number of hydrogen-bond donors (Lipinski definition) is 0. The second kappa shape index (κ2) is 10.0. The van der Waals surface area contributed by atoms with Gasteiger partial charge in [0.2, 0.25) is 0 Å². The van der Waals surface area contributed by atoms with Gasteiger partial charge >= 0.3 is 5.97 Å². The Morgan fingerprint density at radius 3 is 2.36 bits per heavy atom. The van der Waals surface area contributed by atoms with Gasteiger partial charge in [0.05, 0.1) is 18.6 Å². The highest BCUT2D eigenvalue weighted by molar-refractivity contribution is 5.87. The number of carbonyl (C=O) groups excluding carboxylic acids is 1. The van der Waals surface area contributed by atoms with Crippen LogP contribution in [0.15, 0.2) is 42.9 Å². The summed E-state index contributed by atoms with van der Waals surface area (Å²) in [5.74, 6) is -0.266. The summed E-state index contributed by atoms with van der Waals surface area (Å²) in [6.07, 6.45) is 9.59. The SMILES string of the molecule is CCCCC(CCCC)OC(=O)c1cncn1C(C)c1ccccc1. The van der Waals surface area contributed by atoms with Crippen molar-refractivity contribution < 1.29 is 9.53 Å². The number of aromatic nitrogens is 2. The maximum Gasteiger partial charge on any atom is 0.356 e. The number of hydrogen-bond acceptors (Lipinski definition) is 3. The molecule has 1 aromatic carbocycles. The van der Waals surface area contributed by atoms with Crippen LogP contribution >= 0.6 is 0 Å². The summed E-state index contributed by atoms with van der Waals surface area (Å²) in [5, 5.41) is 0. The predicted molar refractivity (Wildman–Crippen MR) is 101 cm³/mol. The van der Waals surface area contributed by atoms with Gasteiger partial charge < -0.3 is 9.30 Å². The molecule has 1 atom stereocenters. The van der Waals surface area contributed by atoms with Crippen LogP contribution in [0.25, 0.3) is 0 Å². The lowest BCUT2D eigenvalue weighted by Crippen LogP contribution is -2.22. The third kappa shape index (κ3) is 5.45. The molecule has 0 spiro atoms. The molecule has 4 heteroatoms. The van der Waals surface area contributed by atoms with Gasteiger partial charge in [0.25, 0.3) is 0 Å². The second-order valence-corrected chi connectivity index (χ2v) is 6.58. The number of imidazole rings is 1. The number of benzene rings is 1. The fraction of sp³-hybridized carbons (Fsp3) is 0.524. The van der Waals surface area contributed by atoms with E-state index in [0.29, 0.717) is 5.69 Å². The zero-order valence-corrected chi connectivity index (χ0v) is 15.6. The van der Waals surface area contributed by atoms with Crippen LogP contribution in [0.4, 0.5) is 0 Å². The molecule has 0 N–H and O–H groups in total. The van der Waals surface area contributed by atoms with Gasteiger partial charge in [-0.1, -0.05) is 69.9 Å². The molecule has 0 radical (unpaired) electrons. The van der Waals surface area contributed by atoms with Crippen molar-refractivity contribution in [2.75, 3.05) is 0 Å². The maximum atomic E-state index is 12.7. The predicted octanol–water partition coefficient (Wildman–Crippen LogP) is 5.40. The van der Waals surface area contributed by atoms with Crippen LogP contribution in [0.3, 0.4) is 0 Å². The molecule has 0 saturated heterocycles. The van der Waals surface area contributed by atoms with Gasteiger partial charge in [-0.3, -0.25) is 0 Å². The molecule has 0 aliphatic heterocycles. The van der Waals surface area contributed by atoms with Gasteiger partial charge in [0, 0.05) is 0 Å². The summed E-state index contributed by atoms with van der Waals surface area (Å²) < 4.78 is 7.72. The molecule has 0 bridgehead atoms. The van der Waals surface area contributed by atoms with E-state index in [9.17, 15) is 4.79 Å². The van der Waals surface area contributed by atoms with Crippen LogP contribution in [-0.4, -0.2) is 21.6 Å². The Balaban J connectivity index is 2.10. The normalized spacial score (nSPS) is 12.3. The van der Waals surface area contributed by atoms with Crippen LogP contribution in [0.2, 0.25) is 0 Å². The minimum atomic E-state index is -0.266. The van der Waals surface area contributed by atoms with Crippen molar-refractivity contribution in [1.29, 1.82) is 0 Å². The summed E-state index contributed by atoms with van der Waals surface area (Å²) in [6.45, 7) is 6.39. The first-order valence-electron chi connectivity index (χ1n) is 9.45. The standard InChI is InChI=1S/C21H30N2O2/c1-4-6-13-19(14-7-5-2)25-21(24)20-15-22-16-23(20)17(3)18-11-9-8-10-12-18/h8-12,15-17,19H,4-7,13-14H2,1-3H3. The number of nitrogens with zero attached hydrogens (tertiary/aromatic N) is 2. The molecule has 0 saturated carbocycles. The molecule has 0 fully saturated rings. The van der Waals surface area contributed by atoms with Crippen molar-refractivity contribution in [1.82, 2.24) is 9.55 Å². The number of unbranched alkanes of at least 4 members (excludes halogenated alkanes) is 2. The first-order chi connectivity index (χ1) is 12.2. The fourth-order valence-corrected chi connectivity index (χ4v) is 3.00. The van der Waals surface area contributed by atoms with Gasteiger partial charge in [0.1, 0.15) is 11.8 Å². The van der Waals surface area contributed by atoms with Gasteiger partial charge in [-0.2, -0.15) is 0 Å². The zero-order chi connectivity index (χ0) is 18.1. The van der Waals surface area contributed by atoms with Crippen LogP contribution in [-0.2, 0) is 4.74 Å². The van der Waals surface area contributed by atoms with Crippen LogP contribution < -0.4 is 0 Å². The zero-order valence-electron chi connectivity index (χ0n) is 15.6. The number of ether oxygens (including phenoxy) is 1. The molecule has 2 aromatic rings. The molecule has 1 aromatic heterocycles. The lowest BCUT2D eigenvalue weighted by Gasteiger charge is -2.20. The average Bonchev–Trinajstić information content (AvgIpc) is 3.13. The molecule has 1 heterocycles. The van der Waals surface area contributed by atoms with E-state index >= 15 is 0 Å². The fourth-order valence-electron chi connectivity index (χ4n) is 3.00. The Morgan fingerprint density at radius 2 is 1.76 bits per heavy atom. The van der Waals surface area contributed by atoms with Gasteiger partial charge in [-0.15, -0.1) is 0 Å². The lowest BCUT2D eigenvalue weighted by molar-refractivity contribution is 0.0238. The van der Waals surface area contributed by atoms with Crippen LogP contribution in [0.5, 0.6) is 0 Å². The Morgan fingerprint density at radius 1 is 1.12 bits per heavy atom. The highest BCUT2D eigenvalue weighted by atomic mass is 16.5. The molecule has 0 amide bonds. The third-order valence-corrected chi connectivity index (χ3v) is 4.61. The molecular weight excluding hydrogens is 312 g/mol. The van der Waals surface area contributed by atoms with Crippen molar-refractivity contribution >= 4 is 5.97 Å². The van der Waals surface area contributed by atoms with E-state index in [1.54, 1.807) is 12.5 Å². The molecule has 0 aliphatic rings. The van der Waals surface area contributed by atoms with Crippen molar-refractivity contribution in [3.8, 4) is 0 Å². The van der Waals surface area contributed by atoms with Crippen molar-refractivity contribution in [3.63, 3.8) is 0 Å². The quantitative estimate of drug-likeness (QED) is 0.543. The molecule has 1 unspecified atom stereocenters. The Hall–Kier alpha value is -2.10. The number of rotatable bonds is 10. The molecule has 136 valence electrons. The average molecular weight is 342 g/mol. The van der Waals surface area contributed by atoms with Gasteiger partial charge in [-0.25, -0.2) is 9.78 Å². The van der Waals surface area contributed by atoms with Crippen LogP contribution in [0.1, 0.15) is 81.4 Å². The summed E-state index contributed by atoms with van der Waals surface area (Å²) >= 11 is 0. The molecule has 2 rings (SSSR count). The Labute approximate surface area is 151 Å². The van der Waals surface area contributed by atoms with Gasteiger partial charge in [0.15, 0.2) is 0 Å². The molecule has 25 heavy (non-hydrogen) atoms. The van der Waals surface area contributed by atoms with E-state index in [4.69, 9.17) is 4.74 Å². The monoisotopic (exact) mass is 342 g/mol. The first-order valence-corrected chi connectivity index (χ1v) is 9.45. The van der Waals surface area contributed by atoms with Gasteiger partial charge in [-0.05, 0) is 25.3 Å². The van der Waals surface area contributed by atoms with E-state index in [-0.39, 0.29) is 18.1 Å². The van der Waals surface area contributed by atoms with E-state index in [2.05, 4.69) is 37.9 Å².